The first-order valence-corrected chi connectivity index (χ1v) is 10.6. The second kappa shape index (κ2) is 8.97. The molecule has 0 aliphatic heterocycles. The molecule has 0 saturated heterocycles. The molecule has 2 amide bonds. The lowest BCUT2D eigenvalue weighted by molar-refractivity contribution is -0.137. The average Bonchev–Trinajstić information content (AvgIpc) is 2.66. The number of carbonyl (C=O) groups excluding carboxylic acids is 2. The summed E-state index contributed by atoms with van der Waals surface area (Å²) in [6.45, 7) is 2.17. The fourth-order valence-corrected chi connectivity index (χ4v) is 4.28. The van der Waals surface area contributed by atoms with Crippen LogP contribution in [0.15, 0.2) is 47.4 Å². The van der Waals surface area contributed by atoms with Gasteiger partial charge in [0, 0.05) is 18.3 Å². The summed E-state index contributed by atoms with van der Waals surface area (Å²) in [7, 11) is -4.19. The van der Waals surface area contributed by atoms with Crippen molar-refractivity contribution in [2.24, 2.45) is 0 Å². The van der Waals surface area contributed by atoms with Crippen LogP contribution in [0.3, 0.4) is 0 Å². The molecule has 0 aliphatic carbocycles. The Kier molecular flexibility index (Phi) is 6.97. The van der Waals surface area contributed by atoms with Gasteiger partial charge >= 0.3 is 6.18 Å². The highest BCUT2D eigenvalue weighted by molar-refractivity contribution is 7.91. The zero-order valence-electron chi connectivity index (χ0n) is 16.8. The number of aliphatic hydroxyl groups is 1. The smallest absolute Gasteiger partial charge is 0.379 e. The Labute approximate surface area is 181 Å². The van der Waals surface area contributed by atoms with Gasteiger partial charge in [0.25, 0.3) is 5.91 Å². The number of sulfone groups is 1. The number of amides is 2. The summed E-state index contributed by atoms with van der Waals surface area (Å²) < 4.78 is 64.4. The lowest BCUT2D eigenvalue weighted by atomic mass is 10.1. The van der Waals surface area contributed by atoms with Gasteiger partial charge in [-0.15, -0.1) is 0 Å². The van der Waals surface area contributed by atoms with Crippen LogP contribution in [0, 0.1) is 11.3 Å². The predicted molar refractivity (Wildman–Crippen MR) is 108 cm³/mol. The maximum atomic E-state index is 13.1. The van der Waals surface area contributed by atoms with Crippen LogP contribution in [0.1, 0.15) is 25.0 Å². The molecule has 3 N–H and O–H groups in total. The number of carbonyl (C=O) groups is 2. The summed E-state index contributed by atoms with van der Waals surface area (Å²) in [5, 5.41) is 23.7. The molecule has 170 valence electrons. The monoisotopic (exact) mass is 469 g/mol. The molecule has 0 unspecified atom stereocenters. The van der Waals surface area contributed by atoms with Crippen LogP contribution in [-0.2, 0) is 25.6 Å². The van der Waals surface area contributed by atoms with Crippen molar-refractivity contribution in [3.63, 3.8) is 0 Å². The van der Waals surface area contributed by atoms with E-state index in [-0.39, 0.29) is 16.5 Å². The number of nitriles is 1. The minimum absolute atomic E-state index is 0.239. The topological polar surface area (TPSA) is 136 Å². The third kappa shape index (κ3) is 6.05. The molecule has 32 heavy (non-hydrogen) atoms. The van der Waals surface area contributed by atoms with Crippen molar-refractivity contribution in [3.8, 4) is 6.07 Å². The number of alkyl halides is 3. The normalized spacial score (nSPS) is 13.5. The number of nitrogens with one attached hydrogen (secondary N) is 2. The summed E-state index contributed by atoms with van der Waals surface area (Å²) in [5.41, 5.74) is -4.49. The van der Waals surface area contributed by atoms with Gasteiger partial charge in [-0.25, -0.2) is 8.42 Å². The lowest BCUT2D eigenvalue weighted by Crippen LogP contribution is -2.45. The van der Waals surface area contributed by atoms with Crippen molar-refractivity contribution in [1.29, 1.82) is 5.26 Å². The van der Waals surface area contributed by atoms with Crippen molar-refractivity contribution in [2.45, 2.75) is 30.5 Å². The molecule has 2 aromatic carbocycles. The van der Waals surface area contributed by atoms with Crippen molar-refractivity contribution in [1.82, 2.24) is 0 Å². The van der Waals surface area contributed by atoms with E-state index in [2.05, 4.69) is 5.32 Å². The summed E-state index contributed by atoms with van der Waals surface area (Å²) in [4.78, 5) is 23.2. The van der Waals surface area contributed by atoms with Gasteiger partial charge in [0.15, 0.2) is 15.4 Å². The Morgan fingerprint density at radius 1 is 1.06 bits per heavy atom. The Morgan fingerprint density at radius 3 is 2.12 bits per heavy atom. The molecular formula is C20H18F3N3O5S. The third-order valence-electron chi connectivity index (χ3n) is 4.20. The molecular weight excluding hydrogens is 451 g/mol. The molecule has 0 heterocycles. The number of halogens is 3. The van der Waals surface area contributed by atoms with Gasteiger partial charge in [0.1, 0.15) is 0 Å². The molecule has 2 rings (SSSR count). The molecule has 0 aliphatic rings. The maximum Gasteiger partial charge on any atom is 0.417 e. The summed E-state index contributed by atoms with van der Waals surface area (Å²) >= 11 is 0. The van der Waals surface area contributed by atoms with Gasteiger partial charge in [0.2, 0.25) is 5.91 Å². The summed E-state index contributed by atoms with van der Waals surface area (Å²) in [6.07, 6.45) is -4.86. The minimum atomic E-state index is -4.86. The number of hydrogen-bond donors (Lipinski definition) is 3. The summed E-state index contributed by atoms with van der Waals surface area (Å²) in [5.74, 6) is -2.68. The highest BCUT2D eigenvalue weighted by atomic mass is 32.2. The first kappa shape index (κ1) is 24.8. The van der Waals surface area contributed by atoms with Crippen molar-refractivity contribution in [2.75, 3.05) is 16.4 Å². The second-order valence-electron chi connectivity index (χ2n) is 7.06. The van der Waals surface area contributed by atoms with Crippen LogP contribution in [0.2, 0.25) is 0 Å². The first-order chi connectivity index (χ1) is 14.7. The number of rotatable bonds is 6. The molecule has 12 heteroatoms. The molecule has 0 fully saturated rings. The molecule has 8 nitrogen and oxygen atoms in total. The van der Waals surface area contributed by atoms with Crippen LogP contribution >= 0.6 is 0 Å². The third-order valence-corrected chi connectivity index (χ3v) is 6.13. The number of anilines is 2. The fraction of sp³-hybridized carbons (Fsp3) is 0.250. The summed E-state index contributed by atoms with van der Waals surface area (Å²) in [6, 6.07) is 8.76. The van der Waals surface area contributed by atoms with Crippen molar-refractivity contribution >= 4 is 33.0 Å². The van der Waals surface area contributed by atoms with Gasteiger partial charge in [-0.2, -0.15) is 18.4 Å². The molecule has 0 spiro atoms. The zero-order valence-corrected chi connectivity index (χ0v) is 17.6. The van der Waals surface area contributed by atoms with Crippen LogP contribution in [0.5, 0.6) is 0 Å². The molecule has 0 aromatic heterocycles. The molecule has 0 radical (unpaired) electrons. The number of benzene rings is 2. The highest BCUT2D eigenvalue weighted by Gasteiger charge is 2.38. The van der Waals surface area contributed by atoms with Gasteiger partial charge in [-0.05, 0) is 49.4 Å². The largest absolute Gasteiger partial charge is 0.417 e. The van der Waals surface area contributed by atoms with E-state index in [9.17, 15) is 36.3 Å². The average molecular weight is 469 g/mol. The van der Waals surface area contributed by atoms with E-state index in [4.69, 9.17) is 5.26 Å². The number of nitrogens with zero attached hydrogens (tertiary/aromatic N) is 1. The number of hydrogen-bond acceptors (Lipinski definition) is 6. The maximum absolute atomic E-state index is 13.1. The van der Waals surface area contributed by atoms with E-state index in [1.54, 1.807) is 0 Å². The van der Waals surface area contributed by atoms with Gasteiger partial charge in [0.05, 0.1) is 27.8 Å². The predicted octanol–water partition coefficient (Wildman–Crippen LogP) is 2.70. The fourth-order valence-electron chi connectivity index (χ4n) is 2.69. The van der Waals surface area contributed by atoms with Crippen LogP contribution in [-0.4, -0.2) is 36.7 Å². The van der Waals surface area contributed by atoms with Crippen molar-refractivity contribution in [3.05, 3.63) is 53.6 Å². The van der Waals surface area contributed by atoms with E-state index in [0.717, 1.165) is 19.1 Å². The van der Waals surface area contributed by atoms with Crippen molar-refractivity contribution < 1.29 is 36.3 Å². The minimum Gasteiger partial charge on any atom is -0.379 e. The second-order valence-corrected chi connectivity index (χ2v) is 9.05. The van der Waals surface area contributed by atoms with E-state index < -0.39 is 44.4 Å². The Morgan fingerprint density at radius 2 is 1.62 bits per heavy atom. The SMILES string of the molecule is CC(=O)Nc1ccc(S(=O)(=O)C[C@@](C)(O)C(=O)Nc2ccc(C#N)c(C(F)(F)F)c2)cc1. The van der Waals surface area contributed by atoms with E-state index >= 15 is 0 Å². The Balaban J connectivity index is 2.22. The van der Waals surface area contributed by atoms with Gasteiger partial charge in [-0.1, -0.05) is 0 Å². The molecule has 1 atom stereocenters. The van der Waals surface area contributed by atoms with E-state index in [1.807, 2.05) is 5.32 Å². The zero-order chi connectivity index (χ0) is 24.3. The highest BCUT2D eigenvalue weighted by Crippen LogP contribution is 2.33. The van der Waals surface area contributed by atoms with Gasteiger partial charge < -0.3 is 15.7 Å². The Bertz CT molecular complexity index is 1180. The van der Waals surface area contributed by atoms with Crippen LogP contribution < -0.4 is 10.6 Å². The lowest BCUT2D eigenvalue weighted by Gasteiger charge is -2.22. The van der Waals surface area contributed by atoms with E-state index in [0.29, 0.717) is 11.8 Å². The standard InChI is InChI=1S/C20H18F3N3O5S/c1-12(27)25-14-5-7-16(8-6-14)32(30,31)11-19(2,29)18(28)26-15-4-3-13(10-24)17(9-15)20(21,22)23/h3-9,29H,11H2,1-2H3,(H,25,27)(H,26,28)/t19-/m1/s1. The first-order valence-electron chi connectivity index (χ1n) is 8.91. The van der Waals surface area contributed by atoms with Crippen LogP contribution in [0.25, 0.3) is 0 Å². The molecule has 2 aromatic rings. The quantitative estimate of drug-likeness (QED) is 0.595. The van der Waals surface area contributed by atoms with Crippen LogP contribution in [0.4, 0.5) is 24.5 Å². The molecule has 0 bridgehead atoms. The molecule has 0 saturated carbocycles. The van der Waals surface area contributed by atoms with Gasteiger partial charge in [-0.3, -0.25) is 9.59 Å². The Hall–Kier alpha value is -3.43. The van der Waals surface area contributed by atoms with E-state index in [1.165, 1.54) is 37.3 Å².